The predicted octanol–water partition coefficient (Wildman–Crippen LogP) is 0.710. The Morgan fingerprint density at radius 1 is 1.62 bits per heavy atom. The van der Waals surface area contributed by atoms with E-state index < -0.39 is 0 Å². The van der Waals surface area contributed by atoms with Gasteiger partial charge in [0.25, 0.3) is 0 Å². The minimum atomic E-state index is -0.0715. The standard InChI is InChI=1S/C12H17N3O/c1-9-4-3-5-14-11(9)8-15-7-6-13-10(2)12(15)16/h3-5,10,13H,6-8H2,1-2H3. The molecule has 86 valence electrons. The molecule has 1 atom stereocenters. The van der Waals surface area contributed by atoms with E-state index >= 15 is 0 Å². The van der Waals surface area contributed by atoms with Crippen molar-refractivity contribution in [3.8, 4) is 0 Å². The molecule has 0 aromatic carbocycles. The van der Waals surface area contributed by atoms with Crippen LogP contribution >= 0.6 is 0 Å². The number of piperazine rings is 1. The summed E-state index contributed by atoms with van der Waals surface area (Å²) in [5.41, 5.74) is 2.13. The van der Waals surface area contributed by atoms with Gasteiger partial charge in [0.05, 0.1) is 18.3 Å². The number of aryl methyl sites for hydroxylation is 1. The molecule has 1 aromatic heterocycles. The molecular weight excluding hydrogens is 202 g/mol. The molecule has 1 aliphatic heterocycles. The first kappa shape index (κ1) is 11.1. The lowest BCUT2D eigenvalue weighted by molar-refractivity contribution is -0.135. The molecule has 4 nitrogen and oxygen atoms in total. The second-order valence-corrected chi connectivity index (χ2v) is 4.20. The number of rotatable bonds is 2. The van der Waals surface area contributed by atoms with Crippen LogP contribution in [0.2, 0.25) is 0 Å². The molecule has 0 radical (unpaired) electrons. The zero-order chi connectivity index (χ0) is 11.5. The summed E-state index contributed by atoms with van der Waals surface area (Å²) >= 11 is 0. The Hall–Kier alpha value is -1.42. The maximum Gasteiger partial charge on any atom is 0.239 e. The molecule has 0 spiro atoms. The first-order valence-corrected chi connectivity index (χ1v) is 5.61. The summed E-state index contributed by atoms with van der Waals surface area (Å²) in [5.74, 6) is 0.163. The number of amides is 1. The molecule has 0 aliphatic carbocycles. The molecule has 1 aromatic rings. The summed E-state index contributed by atoms with van der Waals surface area (Å²) < 4.78 is 0. The van der Waals surface area contributed by atoms with Gasteiger partial charge in [-0.15, -0.1) is 0 Å². The summed E-state index contributed by atoms with van der Waals surface area (Å²) in [6, 6.07) is 3.87. The van der Waals surface area contributed by atoms with Crippen molar-refractivity contribution in [2.45, 2.75) is 26.4 Å². The van der Waals surface area contributed by atoms with Crippen molar-refractivity contribution < 1.29 is 4.79 Å². The van der Waals surface area contributed by atoms with E-state index in [-0.39, 0.29) is 11.9 Å². The molecule has 1 fully saturated rings. The Balaban J connectivity index is 2.10. The SMILES string of the molecule is Cc1cccnc1CN1CCNC(C)C1=O. The van der Waals surface area contributed by atoms with E-state index in [2.05, 4.69) is 10.3 Å². The van der Waals surface area contributed by atoms with Gasteiger partial charge in [0, 0.05) is 19.3 Å². The van der Waals surface area contributed by atoms with Crippen LogP contribution < -0.4 is 5.32 Å². The average molecular weight is 219 g/mol. The summed E-state index contributed by atoms with van der Waals surface area (Å²) in [7, 11) is 0. The minimum absolute atomic E-state index is 0.0715. The summed E-state index contributed by atoms with van der Waals surface area (Å²) in [6.45, 7) is 6.17. The quantitative estimate of drug-likeness (QED) is 0.797. The molecule has 1 amide bonds. The molecular formula is C12H17N3O. The Morgan fingerprint density at radius 3 is 3.19 bits per heavy atom. The second kappa shape index (κ2) is 4.61. The smallest absolute Gasteiger partial charge is 0.239 e. The van der Waals surface area contributed by atoms with Crippen LogP contribution in [0.3, 0.4) is 0 Å². The zero-order valence-electron chi connectivity index (χ0n) is 9.73. The van der Waals surface area contributed by atoms with Crippen molar-refractivity contribution in [1.29, 1.82) is 0 Å². The topological polar surface area (TPSA) is 45.2 Å². The van der Waals surface area contributed by atoms with Crippen LogP contribution in [-0.2, 0) is 11.3 Å². The number of aromatic nitrogens is 1. The number of nitrogens with zero attached hydrogens (tertiary/aromatic N) is 2. The van der Waals surface area contributed by atoms with Gasteiger partial charge in [-0.3, -0.25) is 9.78 Å². The van der Waals surface area contributed by atoms with Crippen LogP contribution in [0.5, 0.6) is 0 Å². The van der Waals surface area contributed by atoms with Gasteiger partial charge in [-0.25, -0.2) is 0 Å². The molecule has 1 aliphatic rings. The Morgan fingerprint density at radius 2 is 2.44 bits per heavy atom. The lowest BCUT2D eigenvalue weighted by Crippen LogP contribution is -2.53. The van der Waals surface area contributed by atoms with Crippen LogP contribution in [-0.4, -0.2) is 34.9 Å². The summed E-state index contributed by atoms with van der Waals surface area (Å²) in [4.78, 5) is 18.1. The number of pyridine rings is 1. The third kappa shape index (κ3) is 2.22. The lowest BCUT2D eigenvalue weighted by atomic mass is 10.1. The Kier molecular flexibility index (Phi) is 3.19. The highest BCUT2D eigenvalue weighted by Gasteiger charge is 2.24. The van der Waals surface area contributed by atoms with Crippen LogP contribution in [0.25, 0.3) is 0 Å². The largest absolute Gasteiger partial charge is 0.334 e. The van der Waals surface area contributed by atoms with E-state index in [0.717, 1.165) is 24.3 Å². The fourth-order valence-corrected chi connectivity index (χ4v) is 1.91. The van der Waals surface area contributed by atoms with Gasteiger partial charge in [-0.1, -0.05) is 6.07 Å². The first-order chi connectivity index (χ1) is 7.68. The fourth-order valence-electron chi connectivity index (χ4n) is 1.91. The zero-order valence-corrected chi connectivity index (χ0v) is 9.73. The number of hydrogen-bond donors (Lipinski definition) is 1. The van der Waals surface area contributed by atoms with Gasteiger partial charge < -0.3 is 10.2 Å². The van der Waals surface area contributed by atoms with Crippen LogP contribution in [0.4, 0.5) is 0 Å². The predicted molar refractivity (Wildman–Crippen MR) is 61.9 cm³/mol. The third-order valence-corrected chi connectivity index (χ3v) is 2.97. The van der Waals surface area contributed by atoms with E-state index in [1.165, 1.54) is 0 Å². The average Bonchev–Trinajstić information content (AvgIpc) is 2.28. The van der Waals surface area contributed by atoms with Crippen molar-refractivity contribution in [3.05, 3.63) is 29.6 Å². The molecule has 16 heavy (non-hydrogen) atoms. The lowest BCUT2D eigenvalue weighted by Gasteiger charge is -2.31. The summed E-state index contributed by atoms with van der Waals surface area (Å²) in [6.07, 6.45) is 1.78. The molecule has 1 N–H and O–H groups in total. The van der Waals surface area contributed by atoms with Gasteiger partial charge in [-0.05, 0) is 25.5 Å². The molecule has 4 heteroatoms. The van der Waals surface area contributed by atoms with Gasteiger partial charge in [0.2, 0.25) is 5.91 Å². The Bertz CT molecular complexity index is 392. The van der Waals surface area contributed by atoms with E-state index in [1.807, 2.05) is 30.9 Å². The molecule has 2 rings (SSSR count). The molecule has 2 heterocycles. The second-order valence-electron chi connectivity index (χ2n) is 4.20. The number of carbonyl (C=O) groups excluding carboxylic acids is 1. The maximum atomic E-state index is 11.9. The molecule has 1 saturated heterocycles. The van der Waals surface area contributed by atoms with Crippen LogP contribution in [0.1, 0.15) is 18.2 Å². The molecule has 0 bridgehead atoms. The van der Waals surface area contributed by atoms with Gasteiger partial charge >= 0.3 is 0 Å². The van der Waals surface area contributed by atoms with E-state index in [1.54, 1.807) is 6.20 Å². The van der Waals surface area contributed by atoms with Gasteiger partial charge in [0.1, 0.15) is 0 Å². The van der Waals surface area contributed by atoms with Crippen molar-refractivity contribution in [3.63, 3.8) is 0 Å². The number of nitrogens with one attached hydrogen (secondary N) is 1. The minimum Gasteiger partial charge on any atom is -0.334 e. The number of hydrogen-bond acceptors (Lipinski definition) is 3. The van der Waals surface area contributed by atoms with Crippen molar-refractivity contribution >= 4 is 5.91 Å². The normalized spacial score (nSPS) is 21.2. The highest BCUT2D eigenvalue weighted by molar-refractivity contribution is 5.82. The summed E-state index contributed by atoms with van der Waals surface area (Å²) in [5, 5.41) is 3.15. The maximum absolute atomic E-state index is 11.9. The van der Waals surface area contributed by atoms with E-state index in [0.29, 0.717) is 6.54 Å². The van der Waals surface area contributed by atoms with Crippen molar-refractivity contribution in [2.24, 2.45) is 0 Å². The van der Waals surface area contributed by atoms with Crippen LogP contribution in [0, 0.1) is 6.92 Å². The Labute approximate surface area is 95.7 Å². The monoisotopic (exact) mass is 219 g/mol. The third-order valence-electron chi connectivity index (χ3n) is 2.97. The van der Waals surface area contributed by atoms with Crippen molar-refractivity contribution in [2.75, 3.05) is 13.1 Å². The molecule has 1 unspecified atom stereocenters. The first-order valence-electron chi connectivity index (χ1n) is 5.61. The highest BCUT2D eigenvalue weighted by atomic mass is 16.2. The van der Waals surface area contributed by atoms with Gasteiger partial charge in [-0.2, -0.15) is 0 Å². The fraction of sp³-hybridized carbons (Fsp3) is 0.500. The highest BCUT2D eigenvalue weighted by Crippen LogP contribution is 2.10. The van der Waals surface area contributed by atoms with E-state index in [9.17, 15) is 4.79 Å². The van der Waals surface area contributed by atoms with E-state index in [4.69, 9.17) is 0 Å². The van der Waals surface area contributed by atoms with Gasteiger partial charge in [0.15, 0.2) is 0 Å². The number of carbonyl (C=O) groups is 1. The molecule has 0 saturated carbocycles. The van der Waals surface area contributed by atoms with Crippen molar-refractivity contribution in [1.82, 2.24) is 15.2 Å². The van der Waals surface area contributed by atoms with Crippen LogP contribution in [0.15, 0.2) is 18.3 Å².